The predicted molar refractivity (Wildman–Crippen MR) is 67.8 cm³/mol. The van der Waals surface area contributed by atoms with Crippen molar-refractivity contribution >= 4 is 5.97 Å². The summed E-state index contributed by atoms with van der Waals surface area (Å²) >= 11 is 0. The van der Waals surface area contributed by atoms with Crippen molar-refractivity contribution in [2.75, 3.05) is 27.9 Å². The summed E-state index contributed by atoms with van der Waals surface area (Å²) in [5.74, 6) is 0.652. The molecule has 0 saturated carbocycles. The minimum atomic E-state index is -0.340. The lowest BCUT2D eigenvalue weighted by Crippen LogP contribution is -2.26. The van der Waals surface area contributed by atoms with Gasteiger partial charge in [-0.3, -0.25) is 4.79 Å². The van der Waals surface area contributed by atoms with Crippen molar-refractivity contribution in [3.63, 3.8) is 0 Å². The number of hydrogen-bond donors (Lipinski definition) is 1. The first-order valence-electron chi connectivity index (χ1n) is 5.65. The summed E-state index contributed by atoms with van der Waals surface area (Å²) in [4.78, 5) is 11.5. The Morgan fingerprint density at radius 3 is 2.39 bits per heavy atom. The number of carbonyl (C=O) groups excluding carboxylic acids is 1. The number of methoxy groups -OCH3 is 3. The highest BCUT2D eigenvalue weighted by molar-refractivity contribution is 5.73. The molecule has 0 aliphatic rings. The van der Waals surface area contributed by atoms with Crippen LogP contribution < -0.4 is 15.2 Å². The monoisotopic (exact) mass is 253 g/mol. The van der Waals surface area contributed by atoms with Crippen LogP contribution >= 0.6 is 0 Å². The highest BCUT2D eigenvalue weighted by Crippen LogP contribution is 2.28. The van der Waals surface area contributed by atoms with E-state index in [2.05, 4.69) is 0 Å². The van der Waals surface area contributed by atoms with Crippen LogP contribution in [0.1, 0.15) is 5.56 Å². The topological polar surface area (TPSA) is 70.8 Å². The van der Waals surface area contributed by atoms with Gasteiger partial charge < -0.3 is 19.9 Å². The first-order chi connectivity index (χ1) is 8.65. The average molecular weight is 253 g/mol. The fraction of sp³-hybridized carbons (Fsp3) is 0.462. The van der Waals surface area contributed by atoms with Gasteiger partial charge in [0.15, 0.2) is 11.5 Å². The maximum atomic E-state index is 11.5. The van der Waals surface area contributed by atoms with E-state index in [-0.39, 0.29) is 18.4 Å². The van der Waals surface area contributed by atoms with Gasteiger partial charge in [0.25, 0.3) is 0 Å². The Bertz CT molecular complexity index is 406. The molecule has 0 aliphatic carbocycles. The molecule has 0 radical (unpaired) electrons. The van der Waals surface area contributed by atoms with Crippen LogP contribution in [-0.4, -0.2) is 33.8 Å². The van der Waals surface area contributed by atoms with Crippen molar-refractivity contribution in [2.45, 2.75) is 6.42 Å². The van der Waals surface area contributed by atoms with Crippen molar-refractivity contribution in [1.29, 1.82) is 0 Å². The van der Waals surface area contributed by atoms with E-state index >= 15 is 0 Å². The molecule has 0 amide bonds. The van der Waals surface area contributed by atoms with Crippen LogP contribution in [-0.2, 0) is 16.0 Å². The van der Waals surface area contributed by atoms with E-state index in [4.69, 9.17) is 19.9 Å². The minimum Gasteiger partial charge on any atom is -0.493 e. The summed E-state index contributed by atoms with van der Waals surface area (Å²) < 4.78 is 15.1. The highest BCUT2D eigenvalue weighted by Gasteiger charge is 2.18. The molecule has 0 spiro atoms. The van der Waals surface area contributed by atoms with Gasteiger partial charge in [-0.25, -0.2) is 0 Å². The third kappa shape index (κ3) is 3.37. The Morgan fingerprint density at radius 2 is 1.89 bits per heavy atom. The summed E-state index contributed by atoms with van der Waals surface area (Å²) in [6.45, 7) is 0.251. The third-order valence-corrected chi connectivity index (χ3v) is 2.75. The molecule has 0 bridgehead atoms. The number of benzene rings is 1. The number of ether oxygens (including phenoxy) is 3. The molecule has 1 atom stereocenters. The van der Waals surface area contributed by atoms with E-state index in [1.165, 1.54) is 7.11 Å². The molecule has 1 aromatic carbocycles. The van der Waals surface area contributed by atoms with Gasteiger partial charge in [0.05, 0.1) is 27.2 Å². The van der Waals surface area contributed by atoms with Crippen molar-refractivity contribution in [3.8, 4) is 11.5 Å². The Kier molecular flexibility index (Phi) is 5.45. The van der Waals surface area contributed by atoms with Crippen LogP contribution in [0.15, 0.2) is 18.2 Å². The lowest BCUT2D eigenvalue weighted by molar-refractivity contribution is -0.145. The molecule has 5 heteroatoms. The number of carbonyl (C=O) groups is 1. The normalized spacial score (nSPS) is 11.8. The number of nitrogens with two attached hydrogens (primary N) is 1. The Morgan fingerprint density at radius 1 is 1.22 bits per heavy atom. The van der Waals surface area contributed by atoms with Gasteiger partial charge in [0.1, 0.15) is 0 Å². The van der Waals surface area contributed by atoms with Crippen LogP contribution in [0.4, 0.5) is 0 Å². The van der Waals surface area contributed by atoms with Gasteiger partial charge in [-0.2, -0.15) is 0 Å². The number of hydrogen-bond acceptors (Lipinski definition) is 5. The molecular weight excluding hydrogens is 234 g/mol. The molecule has 0 aliphatic heterocycles. The lowest BCUT2D eigenvalue weighted by Gasteiger charge is -2.14. The Balaban J connectivity index is 2.87. The molecule has 0 heterocycles. The minimum absolute atomic E-state index is 0.251. The molecule has 100 valence electrons. The zero-order chi connectivity index (χ0) is 13.5. The number of rotatable bonds is 6. The Hall–Kier alpha value is -1.75. The van der Waals surface area contributed by atoms with Gasteiger partial charge in [-0.05, 0) is 24.1 Å². The first kappa shape index (κ1) is 14.3. The van der Waals surface area contributed by atoms with Crippen LogP contribution in [0, 0.1) is 5.92 Å². The molecule has 0 aromatic heterocycles. The SMILES string of the molecule is COC(=O)C(CN)Cc1ccc(OC)c(OC)c1. The first-order valence-corrected chi connectivity index (χ1v) is 5.65. The van der Waals surface area contributed by atoms with Gasteiger partial charge >= 0.3 is 5.97 Å². The molecule has 18 heavy (non-hydrogen) atoms. The van der Waals surface area contributed by atoms with Crippen molar-refractivity contribution in [2.24, 2.45) is 11.7 Å². The van der Waals surface area contributed by atoms with E-state index in [9.17, 15) is 4.79 Å². The molecule has 1 unspecified atom stereocenters. The largest absolute Gasteiger partial charge is 0.493 e. The molecule has 5 nitrogen and oxygen atoms in total. The fourth-order valence-electron chi connectivity index (χ4n) is 1.72. The van der Waals surface area contributed by atoms with Gasteiger partial charge in [-0.15, -0.1) is 0 Å². The summed E-state index contributed by atoms with van der Waals surface area (Å²) in [5.41, 5.74) is 6.52. The third-order valence-electron chi connectivity index (χ3n) is 2.75. The van der Waals surface area contributed by atoms with E-state index in [1.807, 2.05) is 12.1 Å². The van der Waals surface area contributed by atoms with Gasteiger partial charge in [0.2, 0.25) is 0 Å². The van der Waals surface area contributed by atoms with Crippen LogP contribution in [0.5, 0.6) is 11.5 Å². The second-order valence-electron chi connectivity index (χ2n) is 3.85. The van der Waals surface area contributed by atoms with Gasteiger partial charge in [0, 0.05) is 6.54 Å². The molecule has 2 N–H and O–H groups in total. The molecule has 1 aromatic rings. The second-order valence-corrected chi connectivity index (χ2v) is 3.85. The Labute approximate surface area is 107 Å². The predicted octanol–water partition coefficient (Wildman–Crippen LogP) is 0.994. The standard InChI is InChI=1S/C13H19NO4/c1-16-11-5-4-9(7-12(11)17-2)6-10(8-14)13(15)18-3/h4-5,7,10H,6,8,14H2,1-3H3. The summed E-state index contributed by atoms with van der Waals surface area (Å²) in [6.07, 6.45) is 0.517. The summed E-state index contributed by atoms with van der Waals surface area (Å²) in [5, 5.41) is 0. The van der Waals surface area contributed by atoms with E-state index in [1.54, 1.807) is 20.3 Å². The zero-order valence-electron chi connectivity index (χ0n) is 10.9. The second kappa shape index (κ2) is 6.86. The number of esters is 1. The maximum absolute atomic E-state index is 11.5. The lowest BCUT2D eigenvalue weighted by atomic mass is 9.99. The van der Waals surface area contributed by atoms with Gasteiger partial charge in [-0.1, -0.05) is 6.07 Å². The maximum Gasteiger partial charge on any atom is 0.310 e. The van der Waals surface area contributed by atoms with E-state index in [0.29, 0.717) is 17.9 Å². The van der Waals surface area contributed by atoms with Crippen molar-refractivity contribution < 1.29 is 19.0 Å². The molecule has 0 saturated heterocycles. The van der Waals surface area contributed by atoms with E-state index in [0.717, 1.165) is 5.56 Å². The quantitative estimate of drug-likeness (QED) is 0.766. The van der Waals surface area contributed by atoms with Crippen molar-refractivity contribution in [1.82, 2.24) is 0 Å². The molecular formula is C13H19NO4. The summed E-state index contributed by atoms with van der Waals surface area (Å²) in [7, 11) is 4.51. The van der Waals surface area contributed by atoms with E-state index < -0.39 is 0 Å². The summed E-state index contributed by atoms with van der Waals surface area (Å²) in [6, 6.07) is 5.52. The van der Waals surface area contributed by atoms with Crippen LogP contribution in [0.25, 0.3) is 0 Å². The molecule has 0 fully saturated rings. The van der Waals surface area contributed by atoms with Crippen LogP contribution in [0.2, 0.25) is 0 Å². The van der Waals surface area contributed by atoms with Crippen molar-refractivity contribution in [3.05, 3.63) is 23.8 Å². The smallest absolute Gasteiger partial charge is 0.310 e. The highest BCUT2D eigenvalue weighted by atomic mass is 16.5. The van der Waals surface area contributed by atoms with Crippen LogP contribution in [0.3, 0.4) is 0 Å². The fourth-order valence-corrected chi connectivity index (χ4v) is 1.72. The molecule has 1 rings (SSSR count). The average Bonchev–Trinajstić information content (AvgIpc) is 2.43. The zero-order valence-corrected chi connectivity index (χ0v) is 10.9.